The molecular weight excluding hydrogens is 272 g/mol. The predicted octanol–water partition coefficient (Wildman–Crippen LogP) is 2.60. The number of carbonyl (C=O) groups excluding carboxylic acids is 1. The fourth-order valence-corrected chi connectivity index (χ4v) is 2.30. The van der Waals surface area contributed by atoms with Crippen molar-refractivity contribution in [3.63, 3.8) is 0 Å². The Kier molecular flexibility index (Phi) is 6.80. The Morgan fingerprint density at radius 2 is 2.16 bits per heavy atom. The summed E-state index contributed by atoms with van der Waals surface area (Å²) in [6.45, 7) is 2.85. The van der Waals surface area contributed by atoms with Gasteiger partial charge >= 0.3 is 0 Å². The lowest BCUT2D eigenvalue weighted by molar-refractivity contribution is -0.120. The molecule has 19 heavy (non-hydrogen) atoms. The third-order valence-electron chi connectivity index (χ3n) is 2.40. The van der Waals surface area contributed by atoms with E-state index >= 15 is 0 Å². The van der Waals surface area contributed by atoms with Gasteiger partial charge in [-0.05, 0) is 31.5 Å². The predicted molar refractivity (Wildman–Crippen MR) is 71.2 cm³/mol. The lowest BCUT2D eigenvalue weighted by Gasteiger charge is -2.12. The number of carbonyl (C=O) groups is 1. The Morgan fingerprint density at radius 3 is 2.79 bits per heavy atom. The van der Waals surface area contributed by atoms with Crippen molar-refractivity contribution in [1.29, 1.82) is 0 Å². The minimum absolute atomic E-state index is 0.133. The number of hydrogen-bond donors (Lipinski definition) is 1. The molecule has 0 heterocycles. The van der Waals surface area contributed by atoms with Gasteiger partial charge < -0.3 is 10.1 Å². The van der Waals surface area contributed by atoms with Gasteiger partial charge in [0.1, 0.15) is 0 Å². The van der Waals surface area contributed by atoms with E-state index in [-0.39, 0.29) is 11.2 Å². The van der Waals surface area contributed by atoms with Gasteiger partial charge in [-0.1, -0.05) is 0 Å². The summed E-state index contributed by atoms with van der Waals surface area (Å²) in [6.07, 6.45) is 0.741. The van der Waals surface area contributed by atoms with Crippen molar-refractivity contribution in [2.75, 3.05) is 20.3 Å². The van der Waals surface area contributed by atoms with Crippen molar-refractivity contribution in [2.45, 2.75) is 23.5 Å². The molecule has 0 radical (unpaired) electrons. The van der Waals surface area contributed by atoms with Crippen LogP contribution in [0.3, 0.4) is 0 Å². The molecule has 1 atom stereocenters. The van der Waals surface area contributed by atoms with E-state index in [0.717, 1.165) is 18.6 Å². The smallest absolute Gasteiger partial charge is 0.233 e. The summed E-state index contributed by atoms with van der Waals surface area (Å²) in [5.74, 6) is -1.93. The van der Waals surface area contributed by atoms with Gasteiger partial charge in [-0.25, -0.2) is 8.78 Å². The normalized spacial score (nSPS) is 12.2. The standard InChI is InChI=1S/C13H17F2NO2S/c1-9(13(17)16-6-3-7-18-2)19-10-4-5-11(14)12(15)8-10/h4-5,8-9H,3,6-7H2,1-2H3,(H,16,17). The first-order valence-corrected chi connectivity index (χ1v) is 6.81. The topological polar surface area (TPSA) is 38.3 Å². The van der Waals surface area contributed by atoms with Crippen LogP contribution in [-0.4, -0.2) is 31.4 Å². The molecule has 1 rings (SSSR count). The van der Waals surface area contributed by atoms with Crippen molar-refractivity contribution in [3.05, 3.63) is 29.8 Å². The Hall–Kier alpha value is -1.14. The van der Waals surface area contributed by atoms with E-state index in [4.69, 9.17) is 4.74 Å². The van der Waals surface area contributed by atoms with Crippen LogP contribution in [0.25, 0.3) is 0 Å². The maximum absolute atomic E-state index is 13.0. The summed E-state index contributed by atoms with van der Waals surface area (Å²) in [4.78, 5) is 12.2. The van der Waals surface area contributed by atoms with Crippen LogP contribution >= 0.6 is 11.8 Å². The molecular formula is C13H17F2NO2S. The first-order chi connectivity index (χ1) is 9.04. The number of ether oxygens (including phenoxy) is 1. The zero-order valence-electron chi connectivity index (χ0n) is 10.9. The molecule has 106 valence electrons. The molecule has 0 saturated carbocycles. The zero-order chi connectivity index (χ0) is 14.3. The fourth-order valence-electron chi connectivity index (χ4n) is 1.38. The Bertz CT molecular complexity index is 429. The molecule has 1 unspecified atom stereocenters. The van der Waals surface area contributed by atoms with Crippen LogP contribution < -0.4 is 5.32 Å². The summed E-state index contributed by atoms with van der Waals surface area (Å²) in [5.41, 5.74) is 0. The molecule has 0 aromatic heterocycles. The molecule has 0 aliphatic rings. The number of halogens is 2. The van der Waals surface area contributed by atoms with E-state index in [2.05, 4.69) is 5.32 Å². The van der Waals surface area contributed by atoms with Crippen molar-refractivity contribution >= 4 is 17.7 Å². The van der Waals surface area contributed by atoms with Crippen LogP contribution in [0.15, 0.2) is 23.1 Å². The molecule has 0 bridgehead atoms. The monoisotopic (exact) mass is 289 g/mol. The lowest BCUT2D eigenvalue weighted by Crippen LogP contribution is -2.32. The quantitative estimate of drug-likeness (QED) is 0.619. The van der Waals surface area contributed by atoms with Crippen molar-refractivity contribution in [1.82, 2.24) is 5.32 Å². The van der Waals surface area contributed by atoms with E-state index in [9.17, 15) is 13.6 Å². The molecule has 1 aromatic carbocycles. The first kappa shape index (κ1) is 15.9. The Labute approximate surface area is 115 Å². The van der Waals surface area contributed by atoms with Crippen molar-refractivity contribution < 1.29 is 18.3 Å². The van der Waals surface area contributed by atoms with Crippen LogP contribution in [-0.2, 0) is 9.53 Å². The number of nitrogens with one attached hydrogen (secondary N) is 1. The van der Waals surface area contributed by atoms with Crippen LogP contribution in [0.4, 0.5) is 8.78 Å². The third kappa shape index (κ3) is 5.57. The van der Waals surface area contributed by atoms with Crippen molar-refractivity contribution in [3.8, 4) is 0 Å². The van der Waals surface area contributed by atoms with Gasteiger partial charge in [0, 0.05) is 25.2 Å². The third-order valence-corrected chi connectivity index (χ3v) is 3.49. The van der Waals surface area contributed by atoms with E-state index in [1.54, 1.807) is 14.0 Å². The van der Waals surface area contributed by atoms with Gasteiger partial charge in [0.05, 0.1) is 5.25 Å². The highest BCUT2D eigenvalue weighted by atomic mass is 32.2. The number of rotatable bonds is 7. The van der Waals surface area contributed by atoms with Gasteiger partial charge in [0.2, 0.25) is 5.91 Å². The molecule has 1 aromatic rings. The summed E-state index contributed by atoms with van der Waals surface area (Å²) >= 11 is 1.19. The van der Waals surface area contributed by atoms with Crippen LogP contribution in [0.1, 0.15) is 13.3 Å². The van der Waals surface area contributed by atoms with Crippen LogP contribution in [0.2, 0.25) is 0 Å². The second kappa shape index (κ2) is 8.12. The lowest BCUT2D eigenvalue weighted by atomic mass is 10.3. The molecule has 0 saturated heterocycles. The van der Waals surface area contributed by atoms with Gasteiger partial charge in [-0.3, -0.25) is 4.79 Å². The Morgan fingerprint density at radius 1 is 1.42 bits per heavy atom. The van der Waals surface area contributed by atoms with Gasteiger partial charge in [0.15, 0.2) is 11.6 Å². The van der Waals surface area contributed by atoms with E-state index in [0.29, 0.717) is 18.0 Å². The van der Waals surface area contributed by atoms with Crippen LogP contribution in [0, 0.1) is 11.6 Å². The highest BCUT2D eigenvalue weighted by molar-refractivity contribution is 8.00. The van der Waals surface area contributed by atoms with E-state index in [1.807, 2.05) is 0 Å². The highest BCUT2D eigenvalue weighted by Gasteiger charge is 2.14. The van der Waals surface area contributed by atoms with Gasteiger partial charge in [-0.15, -0.1) is 11.8 Å². The average Bonchev–Trinajstić information content (AvgIpc) is 2.38. The molecule has 0 fully saturated rings. The molecule has 6 heteroatoms. The number of methoxy groups -OCH3 is 1. The summed E-state index contributed by atoms with van der Waals surface area (Å²) < 4.78 is 30.6. The fraction of sp³-hybridized carbons (Fsp3) is 0.462. The summed E-state index contributed by atoms with van der Waals surface area (Å²) in [6, 6.07) is 3.60. The number of benzene rings is 1. The molecule has 3 nitrogen and oxygen atoms in total. The van der Waals surface area contributed by atoms with Crippen molar-refractivity contribution in [2.24, 2.45) is 0 Å². The highest BCUT2D eigenvalue weighted by Crippen LogP contribution is 2.24. The molecule has 0 spiro atoms. The zero-order valence-corrected chi connectivity index (χ0v) is 11.7. The molecule has 0 aliphatic carbocycles. The van der Waals surface area contributed by atoms with Crippen LogP contribution in [0.5, 0.6) is 0 Å². The SMILES string of the molecule is COCCCNC(=O)C(C)Sc1ccc(F)c(F)c1. The maximum Gasteiger partial charge on any atom is 0.233 e. The van der Waals surface area contributed by atoms with Gasteiger partial charge in [0.25, 0.3) is 0 Å². The maximum atomic E-state index is 13.0. The Balaban J connectivity index is 2.42. The first-order valence-electron chi connectivity index (χ1n) is 5.93. The number of amides is 1. The number of hydrogen-bond acceptors (Lipinski definition) is 3. The second-order valence-corrected chi connectivity index (χ2v) is 5.39. The minimum atomic E-state index is -0.905. The molecule has 1 N–H and O–H groups in total. The molecule has 0 aliphatic heterocycles. The number of thioether (sulfide) groups is 1. The van der Waals surface area contributed by atoms with E-state index in [1.165, 1.54) is 17.8 Å². The summed E-state index contributed by atoms with van der Waals surface area (Å²) in [7, 11) is 1.60. The molecule has 1 amide bonds. The minimum Gasteiger partial charge on any atom is -0.385 e. The van der Waals surface area contributed by atoms with Gasteiger partial charge in [-0.2, -0.15) is 0 Å². The summed E-state index contributed by atoms with van der Waals surface area (Å²) in [5, 5.41) is 2.39. The second-order valence-electron chi connectivity index (χ2n) is 3.97. The average molecular weight is 289 g/mol. The van der Waals surface area contributed by atoms with E-state index < -0.39 is 11.6 Å². The largest absolute Gasteiger partial charge is 0.385 e.